The van der Waals surface area contributed by atoms with Crippen LogP contribution in [-0.2, 0) is 13.0 Å². The number of nitrogens with zero attached hydrogens (tertiary/aromatic N) is 1. The van der Waals surface area contributed by atoms with E-state index in [-0.39, 0.29) is 12.7 Å². The van der Waals surface area contributed by atoms with Crippen LogP contribution in [0.5, 0.6) is 11.5 Å². The van der Waals surface area contributed by atoms with Crippen LogP contribution in [0.3, 0.4) is 0 Å². The Bertz CT molecular complexity index is 690. The van der Waals surface area contributed by atoms with Gasteiger partial charge in [-0.2, -0.15) is 0 Å². The van der Waals surface area contributed by atoms with Crippen molar-refractivity contribution in [3.63, 3.8) is 0 Å². The lowest BCUT2D eigenvalue weighted by Crippen LogP contribution is -2.26. The first-order valence-electron chi connectivity index (χ1n) is 6.67. The number of benzene rings is 1. The van der Waals surface area contributed by atoms with Gasteiger partial charge in [0.15, 0.2) is 11.5 Å². The van der Waals surface area contributed by atoms with Crippen LogP contribution >= 0.6 is 0 Å². The smallest absolute Gasteiger partial charge is 0.262 e. The molecule has 4 rings (SSSR count). The van der Waals surface area contributed by atoms with Crippen LogP contribution in [0.25, 0.3) is 0 Å². The highest BCUT2D eigenvalue weighted by atomic mass is 16.7. The van der Waals surface area contributed by atoms with Crippen molar-refractivity contribution in [2.24, 2.45) is 0 Å². The molecule has 0 spiro atoms. The van der Waals surface area contributed by atoms with Gasteiger partial charge < -0.3 is 14.8 Å². The summed E-state index contributed by atoms with van der Waals surface area (Å²) in [6.45, 7) is 1.96. The molecule has 2 aromatic rings. The maximum absolute atomic E-state index is 12.6. The number of hydrogen-bond acceptors (Lipinski definition) is 4. The van der Waals surface area contributed by atoms with Gasteiger partial charge >= 0.3 is 0 Å². The van der Waals surface area contributed by atoms with Gasteiger partial charge in [-0.05, 0) is 29.8 Å². The molecule has 0 atom stereocenters. The Morgan fingerprint density at radius 2 is 2.10 bits per heavy atom. The van der Waals surface area contributed by atoms with Gasteiger partial charge in [-0.1, -0.05) is 0 Å². The first kappa shape index (κ1) is 11.5. The number of carbonyl (C=O) groups excluding carboxylic acids is 1. The molecular weight excluding hydrogens is 256 g/mol. The van der Waals surface area contributed by atoms with Crippen LogP contribution in [0.2, 0.25) is 0 Å². The summed E-state index contributed by atoms with van der Waals surface area (Å²) in [5.41, 5.74) is 2.92. The first-order valence-corrected chi connectivity index (χ1v) is 6.67. The van der Waals surface area contributed by atoms with Crippen molar-refractivity contribution >= 4 is 5.91 Å². The van der Waals surface area contributed by atoms with Gasteiger partial charge in [0, 0.05) is 37.0 Å². The summed E-state index contributed by atoms with van der Waals surface area (Å²) in [4.78, 5) is 12.6. The van der Waals surface area contributed by atoms with Gasteiger partial charge in [0.2, 0.25) is 6.79 Å². The summed E-state index contributed by atoms with van der Waals surface area (Å²) in [7, 11) is 0. The molecule has 0 unspecified atom stereocenters. The second kappa shape index (κ2) is 4.38. The number of rotatable bonds is 1. The minimum Gasteiger partial charge on any atom is -0.454 e. The van der Waals surface area contributed by atoms with Crippen LogP contribution in [0, 0.1) is 0 Å². The van der Waals surface area contributed by atoms with E-state index in [1.807, 2.05) is 12.3 Å². The van der Waals surface area contributed by atoms with Crippen LogP contribution < -0.4 is 14.8 Å². The third-order valence-corrected chi connectivity index (χ3v) is 3.78. The lowest BCUT2D eigenvalue weighted by Gasteiger charge is -2.16. The van der Waals surface area contributed by atoms with Crippen LogP contribution in [0.15, 0.2) is 30.5 Å². The van der Waals surface area contributed by atoms with E-state index in [4.69, 9.17) is 9.47 Å². The van der Waals surface area contributed by atoms with E-state index in [0.717, 1.165) is 25.2 Å². The maximum atomic E-state index is 12.6. The molecule has 102 valence electrons. The van der Waals surface area contributed by atoms with Gasteiger partial charge in [-0.25, -0.2) is 0 Å². The Morgan fingerprint density at radius 1 is 1.20 bits per heavy atom. The van der Waals surface area contributed by atoms with Crippen molar-refractivity contribution < 1.29 is 14.3 Å². The van der Waals surface area contributed by atoms with E-state index in [1.54, 1.807) is 22.8 Å². The van der Waals surface area contributed by atoms with Gasteiger partial charge in [0.1, 0.15) is 0 Å². The monoisotopic (exact) mass is 270 g/mol. The fourth-order valence-corrected chi connectivity index (χ4v) is 2.74. The number of fused-ring (bicyclic) bond motifs is 2. The average Bonchev–Trinajstić information content (AvgIpc) is 3.12. The van der Waals surface area contributed by atoms with Crippen molar-refractivity contribution in [1.82, 2.24) is 9.88 Å². The lowest BCUT2D eigenvalue weighted by molar-refractivity contribution is 0.0956. The summed E-state index contributed by atoms with van der Waals surface area (Å²) in [6.07, 6.45) is 2.73. The standard InChI is InChI=1S/C15H14N2O3/c18-15(10-1-2-13-14(7-10)20-9-19-13)17-6-4-11-8-16-5-3-12(11)17/h1-2,4,6-7,16H,3,5,8-9H2. The highest BCUT2D eigenvalue weighted by Gasteiger charge is 2.21. The largest absolute Gasteiger partial charge is 0.454 e. The molecule has 0 aliphatic carbocycles. The predicted octanol–water partition coefficient (Wildman–Crippen LogP) is 1.55. The van der Waals surface area contributed by atoms with Crippen LogP contribution in [-0.4, -0.2) is 23.8 Å². The second-order valence-corrected chi connectivity index (χ2v) is 4.96. The minimum atomic E-state index is -0.0218. The normalized spacial score (nSPS) is 16.0. The predicted molar refractivity (Wildman–Crippen MR) is 72.1 cm³/mol. The maximum Gasteiger partial charge on any atom is 0.262 e. The summed E-state index contributed by atoms with van der Waals surface area (Å²) >= 11 is 0. The quantitative estimate of drug-likeness (QED) is 0.854. The van der Waals surface area contributed by atoms with E-state index >= 15 is 0 Å². The highest BCUT2D eigenvalue weighted by Crippen LogP contribution is 2.33. The first-order chi connectivity index (χ1) is 9.83. The molecule has 1 aromatic carbocycles. The van der Waals surface area contributed by atoms with Crippen molar-refractivity contribution in [3.8, 4) is 11.5 Å². The molecule has 0 saturated heterocycles. The average molecular weight is 270 g/mol. The fourth-order valence-electron chi connectivity index (χ4n) is 2.74. The van der Waals surface area contributed by atoms with Crippen LogP contribution in [0.1, 0.15) is 21.6 Å². The zero-order chi connectivity index (χ0) is 13.5. The molecule has 3 heterocycles. The second-order valence-electron chi connectivity index (χ2n) is 4.96. The number of nitrogens with one attached hydrogen (secondary N) is 1. The van der Waals surface area contributed by atoms with Gasteiger partial charge in [0.05, 0.1) is 0 Å². The topological polar surface area (TPSA) is 52.5 Å². The third-order valence-electron chi connectivity index (χ3n) is 3.78. The molecule has 2 aliphatic heterocycles. The Kier molecular flexibility index (Phi) is 2.53. The van der Waals surface area contributed by atoms with E-state index < -0.39 is 0 Å². The fraction of sp³-hybridized carbons (Fsp3) is 0.267. The lowest BCUT2D eigenvalue weighted by atomic mass is 10.1. The van der Waals surface area contributed by atoms with E-state index in [1.165, 1.54) is 5.56 Å². The number of hydrogen-bond donors (Lipinski definition) is 1. The summed E-state index contributed by atoms with van der Waals surface area (Å²) in [6, 6.07) is 7.32. The van der Waals surface area contributed by atoms with Gasteiger partial charge in [-0.3, -0.25) is 9.36 Å². The Morgan fingerprint density at radius 3 is 3.05 bits per heavy atom. The highest BCUT2D eigenvalue weighted by molar-refractivity contribution is 5.97. The molecule has 0 saturated carbocycles. The van der Waals surface area contributed by atoms with Crippen molar-refractivity contribution in [2.45, 2.75) is 13.0 Å². The molecule has 5 nitrogen and oxygen atoms in total. The Labute approximate surface area is 116 Å². The molecule has 1 aromatic heterocycles. The van der Waals surface area contributed by atoms with Gasteiger partial charge in [0.25, 0.3) is 5.91 Å². The number of carbonyl (C=O) groups is 1. The molecule has 5 heteroatoms. The Balaban J connectivity index is 1.72. The third kappa shape index (κ3) is 1.71. The van der Waals surface area contributed by atoms with Crippen LogP contribution in [0.4, 0.5) is 0 Å². The zero-order valence-electron chi connectivity index (χ0n) is 10.9. The molecule has 20 heavy (non-hydrogen) atoms. The van der Waals surface area contributed by atoms with Gasteiger partial charge in [-0.15, -0.1) is 0 Å². The molecule has 0 amide bonds. The van der Waals surface area contributed by atoms with Crippen molar-refractivity contribution in [2.75, 3.05) is 13.3 Å². The molecule has 2 aliphatic rings. The zero-order valence-corrected chi connectivity index (χ0v) is 10.9. The molecule has 0 radical (unpaired) electrons. The van der Waals surface area contributed by atoms with E-state index in [9.17, 15) is 4.79 Å². The minimum absolute atomic E-state index is 0.0218. The summed E-state index contributed by atoms with van der Waals surface area (Å²) in [5.74, 6) is 1.31. The summed E-state index contributed by atoms with van der Waals surface area (Å²) < 4.78 is 12.3. The number of aromatic nitrogens is 1. The van der Waals surface area contributed by atoms with Crippen molar-refractivity contribution in [1.29, 1.82) is 0 Å². The van der Waals surface area contributed by atoms with E-state index in [0.29, 0.717) is 17.1 Å². The molecular formula is C15H14N2O3. The molecule has 0 bridgehead atoms. The number of ether oxygens (including phenoxy) is 2. The van der Waals surface area contributed by atoms with Crippen molar-refractivity contribution in [3.05, 3.63) is 47.3 Å². The van der Waals surface area contributed by atoms with E-state index in [2.05, 4.69) is 5.32 Å². The molecule has 1 N–H and O–H groups in total. The Hall–Kier alpha value is -2.27. The SMILES string of the molecule is O=C(c1ccc2c(c1)OCO2)n1ccc2c1CCNC2. The molecule has 0 fully saturated rings. The summed E-state index contributed by atoms with van der Waals surface area (Å²) in [5, 5.41) is 3.31.